The number of hydrogen-bond acceptors (Lipinski definition) is 6. The Balaban J connectivity index is 1.65. The molecule has 2 amide bonds. The third kappa shape index (κ3) is 4.51. The van der Waals surface area contributed by atoms with Crippen molar-refractivity contribution in [2.45, 2.75) is 18.0 Å². The lowest BCUT2D eigenvalue weighted by Gasteiger charge is -2.31. The molecule has 34 heavy (non-hydrogen) atoms. The monoisotopic (exact) mass is 482 g/mol. The third-order valence-corrected chi connectivity index (χ3v) is 6.61. The summed E-state index contributed by atoms with van der Waals surface area (Å²) in [6, 6.07) is 15.2. The van der Waals surface area contributed by atoms with Gasteiger partial charge in [-0.25, -0.2) is 22.8 Å². The molecule has 0 bridgehead atoms. The molecule has 1 unspecified atom stereocenters. The molecule has 3 aromatic rings. The van der Waals surface area contributed by atoms with Crippen molar-refractivity contribution in [3.05, 3.63) is 95.1 Å². The number of rotatable bonds is 6. The Kier molecular flexibility index (Phi) is 6.13. The Hall–Kier alpha value is -3.73. The molecule has 2 aromatic carbocycles. The van der Waals surface area contributed by atoms with Gasteiger partial charge in [-0.2, -0.15) is 0 Å². The highest BCUT2D eigenvalue weighted by atomic mass is 32.2. The molecule has 0 fully saturated rings. The lowest BCUT2D eigenvalue weighted by atomic mass is 10.0. The van der Waals surface area contributed by atoms with Gasteiger partial charge >= 0.3 is 5.91 Å². The van der Waals surface area contributed by atoms with Crippen LogP contribution in [0.1, 0.15) is 16.8 Å². The Morgan fingerprint density at radius 2 is 1.85 bits per heavy atom. The van der Waals surface area contributed by atoms with Crippen LogP contribution in [-0.2, 0) is 32.5 Å². The van der Waals surface area contributed by atoms with Crippen molar-refractivity contribution in [1.29, 1.82) is 0 Å². The van der Waals surface area contributed by atoms with E-state index < -0.39 is 32.1 Å². The second-order valence-electron chi connectivity index (χ2n) is 7.89. The van der Waals surface area contributed by atoms with Gasteiger partial charge < -0.3 is 5.32 Å². The van der Waals surface area contributed by atoms with Gasteiger partial charge in [0, 0.05) is 30.6 Å². The summed E-state index contributed by atoms with van der Waals surface area (Å²) in [4.78, 5) is 30.3. The number of sulfone groups is 1. The number of carbonyl (C=O) groups is 2. The molecule has 0 saturated carbocycles. The first-order chi connectivity index (χ1) is 16.1. The number of nitrogens with one attached hydrogen (secondary N) is 1. The van der Waals surface area contributed by atoms with Crippen molar-refractivity contribution in [3.8, 4) is 0 Å². The number of amides is 2. The van der Waals surface area contributed by atoms with Crippen LogP contribution in [0.5, 0.6) is 0 Å². The Bertz CT molecular complexity index is 1420. The molecule has 2 N–H and O–H groups in total. The zero-order valence-corrected chi connectivity index (χ0v) is 18.9. The smallest absolute Gasteiger partial charge is 0.348 e. The maximum atomic E-state index is 13.6. The zero-order valence-electron chi connectivity index (χ0n) is 18.1. The van der Waals surface area contributed by atoms with Crippen LogP contribution >= 0.6 is 0 Å². The summed E-state index contributed by atoms with van der Waals surface area (Å²) in [5.74, 6) is -2.41. The Labute approximate surface area is 195 Å². The van der Waals surface area contributed by atoms with Crippen LogP contribution in [0.4, 0.5) is 10.1 Å². The molecule has 4 rings (SSSR count). The molecule has 1 aliphatic heterocycles. The first-order valence-electron chi connectivity index (χ1n) is 10.2. The molecule has 0 radical (unpaired) electrons. The van der Waals surface area contributed by atoms with Gasteiger partial charge in [0.25, 0.3) is 5.91 Å². The van der Waals surface area contributed by atoms with E-state index in [2.05, 4.69) is 10.3 Å². The fourth-order valence-electron chi connectivity index (χ4n) is 3.80. The summed E-state index contributed by atoms with van der Waals surface area (Å²) in [6.45, 7) is -0.398. The molecule has 174 valence electrons. The quantitative estimate of drug-likeness (QED) is 0.317. The summed E-state index contributed by atoms with van der Waals surface area (Å²) < 4.78 is 36.4. The molecular formula is C24H21FN3O5S+. The molecule has 10 heteroatoms. The molecule has 1 aromatic heterocycles. The van der Waals surface area contributed by atoms with Crippen LogP contribution in [0, 0.1) is 5.82 Å². The summed E-state index contributed by atoms with van der Waals surface area (Å²) in [6.07, 6.45) is 3.70. The third-order valence-electron chi connectivity index (χ3n) is 5.43. The van der Waals surface area contributed by atoms with Gasteiger partial charge in [0.15, 0.2) is 15.5 Å². The highest BCUT2D eigenvalue weighted by molar-refractivity contribution is 7.90. The van der Waals surface area contributed by atoms with Crippen molar-refractivity contribution < 1.29 is 27.6 Å². The maximum absolute atomic E-state index is 13.6. The lowest BCUT2D eigenvalue weighted by Crippen LogP contribution is -2.55. The predicted molar refractivity (Wildman–Crippen MR) is 122 cm³/mol. The maximum Gasteiger partial charge on any atom is 0.389 e. The molecule has 2 heterocycles. The number of pyridine rings is 1. The van der Waals surface area contributed by atoms with E-state index in [9.17, 15) is 27.6 Å². The molecular weight excluding hydrogens is 461 g/mol. The van der Waals surface area contributed by atoms with E-state index >= 15 is 0 Å². The molecule has 1 aliphatic rings. The van der Waals surface area contributed by atoms with Crippen molar-refractivity contribution in [2.24, 2.45) is 0 Å². The van der Waals surface area contributed by atoms with Crippen molar-refractivity contribution in [1.82, 2.24) is 14.9 Å². The topological polar surface area (TPSA) is 113 Å². The van der Waals surface area contributed by atoms with E-state index in [4.69, 9.17) is 0 Å². The van der Waals surface area contributed by atoms with Crippen LogP contribution in [0.2, 0.25) is 0 Å². The first kappa shape index (κ1) is 23.4. The fourth-order valence-corrected chi connectivity index (χ4v) is 4.74. The van der Waals surface area contributed by atoms with Crippen LogP contribution in [-0.4, -0.2) is 36.7 Å². The number of nitrogens with zero attached hydrogens (tertiary/aromatic N) is 2. The summed E-state index contributed by atoms with van der Waals surface area (Å²) >= 11 is 0. The van der Waals surface area contributed by atoms with Crippen LogP contribution in [0.25, 0.3) is 6.08 Å². The summed E-state index contributed by atoms with van der Waals surface area (Å²) in [7, 11) is -3.76. The van der Waals surface area contributed by atoms with E-state index in [1.807, 2.05) is 0 Å². The average Bonchev–Trinajstić information content (AvgIpc) is 2.80. The molecule has 8 nitrogen and oxygen atoms in total. The number of benzene rings is 2. The Morgan fingerprint density at radius 1 is 1.12 bits per heavy atom. The number of aromatic nitrogens is 1. The minimum atomic E-state index is -3.76. The standard InChI is InChI=1S/C24H20FN3O5S/c1-34(32,33)22-12-18(25)10-9-17(22)14-27-23(29)19-13-20-21(8-5-11-26-20)28(31,24(19)30)15-16-6-3-2-4-7-16/h2-13,31H,14-15H2,1H3/p+1. The van der Waals surface area contributed by atoms with E-state index in [0.717, 1.165) is 18.4 Å². The van der Waals surface area contributed by atoms with E-state index in [-0.39, 0.29) is 40.5 Å². The molecule has 0 aliphatic carbocycles. The van der Waals surface area contributed by atoms with Gasteiger partial charge in [-0.1, -0.05) is 41.0 Å². The van der Waals surface area contributed by atoms with Gasteiger partial charge in [0.1, 0.15) is 23.6 Å². The fraction of sp³-hybridized carbons (Fsp3) is 0.125. The average molecular weight is 483 g/mol. The summed E-state index contributed by atoms with van der Waals surface area (Å²) in [5, 5.41) is 13.9. The number of hydrogen-bond donors (Lipinski definition) is 2. The summed E-state index contributed by atoms with van der Waals surface area (Å²) in [5.41, 5.74) is 0.968. The van der Waals surface area contributed by atoms with Crippen LogP contribution in [0.15, 0.2) is 77.3 Å². The second-order valence-corrected chi connectivity index (χ2v) is 9.88. The Morgan fingerprint density at radius 3 is 2.56 bits per heavy atom. The molecule has 0 spiro atoms. The van der Waals surface area contributed by atoms with Crippen LogP contribution < -0.4 is 9.96 Å². The van der Waals surface area contributed by atoms with E-state index in [0.29, 0.717) is 5.56 Å². The number of fused-ring (bicyclic) bond motifs is 1. The zero-order chi connectivity index (χ0) is 24.5. The number of carbonyl (C=O) groups excluding carboxylic acids is 2. The number of halogens is 1. The number of quaternary nitrogens is 1. The molecule has 0 saturated heterocycles. The second kappa shape index (κ2) is 8.90. The highest BCUT2D eigenvalue weighted by Crippen LogP contribution is 2.34. The minimum Gasteiger partial charge on any atom is -0.348 e. The minimum absolute atomic E-state index is 0.126. The lowest BCUT2D eigenvalue weighted by molar-refractivity contribution is -0.160. The van der Waals surface area contributed by atoms with Gasteiger partial charge in [0.2, 0.25) is 0 Å². The largest absolute Gasteiger partial charge is 0.389 e. The van der Waals surface area contributed by atoms with Gasteiger partial charge in [0.05, 0.1) is 4.90 Å². The van der Waals surface area contributed by atoms with Crippen LogP contribution in [0.3, 0.4) is 0 Å². The van der Waals surface area contributed by atoms with Crippen molar-refractivity contribution >= 4 is 33.4 Å². The van der Waals surface area contributed by atoms with Gasteiger partial charge in [-0.3, -0.25) is 9.78 Å². The predicted octanol–water partition coefficient (Wildman–Crippen LogP) is 2.76. The van der Waals surface area contributed by atoms with Crippen molar-refractivity contribution in [3.63, 3.8) is 0 Å². The normalized spacial score (nSPS) is 17.6. The van der Waals surface area contributed by atoms with Crippen molar-refractivity contribution in [2.75, 3.05) is 6.26 Å². The first-order valence-corrected chi connectivity index (χ1v) is 12.1. The van der Waals surface area contributed by atoms with Gasteiger partial charge in [-0.05, 0) is 29.8 Å². The number of hydroxylamine groups is 2. The van der Waals surface area contributed by atoms with Gasteiger partial charge in [-0.15, -0.1) is 0 Å². The SMILES string of the molecule is CS(=O)(=O)c1cc(F)ccc1CNC(=O)C1=Cc2ncccc2[N+](O)(Cc2ccccc2)C1=O. The molecule has 1 atom stereocenters. The van der Waals surface area contributed by atoms with E-state index in [1.165, 1.54) is 18.3 Å². The van der Waals surface area contributed by atoms with E-state index in [1.54, 1.807) is 42.5 Å². The highest BCUT2D eigenvalue weighted by Gasteiger charge is 2.48.